The molecule has 138 valence electrons. The molecule has 0 amide bonds. The Bertz CT molecular complexity index is 785. The van der Waals surface area contributed by atoms with Gasteiger partial charge in [-0.2, -0.15) is 0 Å². The van der Waals surface area contributed by atoms with Gasteiger partial charge in [-0.1, -0.05) is 23.7 Å². The number of guanidine groups is 1. The largest absolute Gasteiger partial charge is 0.355 e. The third kappa shape index (κ3) is 3.65. The first-order valence-corrected chi connectivity index (χ1v) is 10.7. The summed E-state index contributed by atoms with van der Waals surface area (Å²) in [6.07, 6.45) is 2.24. The van der Waals surface area contributed by atoms with Gasteiger partial charge in [0.2, 0.25) is 0 Å². The topological polar surface area (TPSA) is 61.8 Å². The Morgan fingerprint density at radius 3 is 2.64 bits per heavy atom. The lowest BCUT2D eigenvalue weighted by Gasteiger charge is -2.39. The maximum absolute atomic E-state index is 12.2. The average Bonchev–Trinajstić information content (AvgIpc) is 3.32. The molecule has 2 aliphatic rings. The third-order valence-corrected chi connectivity index (χ3v) is 8.20. The van der Waals surface area contributed by atoms with Gasteiger partial charge in [-0.05, 0) is 44.4 Å². The van der Waals surface area contributed by atoms with Crippen molar-refractivity contribution in [3.8, 4) is 0 Å². The van der Waals surface area contributed by atoms with E-state index < -0.39 is 14.6 Å². The van der Waals surface area contributed by atoms with Crippen molar-refractivity contribution in [3.63, 3.8) is 0 Å². The van der Waals surface area contributed by atoms with Gasteiger partial charge in [0.1, 0.15) is 0 Å². The van der Waals surface area contributed by atoms with Gasteiger partial charge in [-0.3, -0.25) is 4.99 Å². The number of hydrogen-bond donors (Lipinski definition) is 1. The van der Waals surface area contributed by atoms with Crippen LogP contribution < -0.4 is 5.32 Å². The summed E-state index contributed by atoms with van der Waals surface area (Å²) in [7, 11) is -1.31. The molecule has 1 heterocycles. The molecular formula is C18H26ClN3O2S. The molecule has 0 atom stereocenters. The first kappa shape index (κ1) is 18.5. The number of nitrogens with one attached hydrogen (secondary N) is 1. The zero-order valence-electron chi connectivity index (χ0n) is 15.0. The zero-order chi connectivity index (χ0) is 18.3. The van der Waals surface area contributed by atoms with Gasteiger partial charge in [0.15, 0.2) is 15.8 Å². The summed E-state index contributed by atoms with van der Waals surface area (Å²) in [6.45, 7) is 5.30. The molecule has 7 heteroatoms. The standard InChI is InChI=1S/C18H26ClN3O2S/c1-17(2)13-22(9-10-25(17,23)24)16(20-3)21-12-18(7-8-18)14-5-4-6-15(19)11-14/h4-6,11H,7-10,12-13H2,1-3H3,(H,20,21). The number of aliphatic imine (C=N–C) groups is 1. The fourth-order valence-electron chi connectivity index (χ4n) is 3.44. The van der Waals surface area contributed by atoms with E-state index in [-0.39, 0.29) is 11.2 Å². The second kappa shape index (κ2) is 6.47. The SMILES string of the molecule is CN=C(NCC1(c2cccc(Cl)c2)CC1)N1CCS(=O)(=O)C(C)(C)C1. The maximum Gasteiger partial charge on any atom is 0.193 e. The highest BCUT2D eigenvalue weighted by Gasteiger charge is 2.45. The van der Waals surface area contributed by atoms with Gasteiger partial charge in [-0.25, -0.2) is 8.42 Å². The minimum Gasteiger partial charge on any atom is -0.355 e. The van der Waals surface area contributed by atoms with E-state index in [4.69, 9.17) is 11.6 Å². The van der Waals surface area contributed by atoms with Gasteiger partial charge in [-0.15, -0.1) is 0 Å². The molecular weight excluding hydrogens is 358 g/mol. The van der Waals surface area contributed by atoms with Crippen LogP contribution in [0.1, 0.15) is 32.3 Å². The molecule has 0 bridgehead atoms. The summed E-state index contributed by atoms with van der Waals surface area (Å²) in [6, 6.07) is 8.05. The summed E-state index contributed by atoms with van der Waals surface area (Å²) < 4.78 is 23.7. The molecule has 1 aromatic carbocycles. The van der Waals surface area contributed by atoms with E-state index in [1.165, 1.54) is 5.56 Å². The molecule has 1 aliphatic carbocycles. The molecule has 1 aromatic rings. The lowest BCUT2D eigenvalue weighted by Crippen LogP contribution is -2.57. The molecule has 3 rings (SSSR count). The summed E-state index contributed by atoms with van der Waals surface area (Å²) in [5.74, 6) is 0.941. The van der Waals surface area contributed by atoms with Gasteiger partial charge >= 0.3 is 0 Å². The molecule has 1 aliphatic heterocycles. The van der Waals surface area contributed by atoms with E-state index in [1.807, 2.05) is 18.2 Å². The molecule has 25 heavy (non-hydrogen) atoms. The monoisotopic (exact) mass is 383 g/mol. The molecule has 0 aromatic heterocycles. The minimum atomic E-state index is -3.05. The summed E-state index contributed by atoms with van der Waals surface area (Å²) >= 11 is 6.14. The smallest absolute Gasteiger partial charge is 0.193 e. The number of sulfone groups is 1. The first-order chi connectivity index (χ1) is 11.7. The normalized spacial score (nSPS) is 24.0. The quantitative estimate of drug-likeness (QED) is 0.643. The van der Waals surface area contributed by atoms with E-state index in [2.05, 4.69) is 21.3 Å². The van der Waals surface area contributed by atoms with Gasteiger partial charge < -0.3 is 10.2 Å². The fourth-order valence-corrected chi connectivity index (χ4v) is 5.00. The number of nitrogens with zero attached hydrogens (tertiary/aromatic N) is 2. The van der Waals surface area contributed by atoms with E-state index >= 15 is 0 Å². The fraction of sp³-hybridized carbons (Fsp3) is 0.611. The van der Waals surface area contributed by atoms with Crippen molar-refractivity contribution < 1.29 is 8.42 Å². The Hall–Kier alpha value is -1.27. The van der Waals surface area contributed by atoms with Crippen LogP contribution in [0.25, 0.3) is 0 Å². The molecule has 0 radical (unpaired) electrons. The Labute approximate surface area is 155 Å². The van der Waals surface area contributed by atoms with Crippen molar-refractivity contribution in [3.05, 3.63) is 34.9 Å². The van der Waals surface area contributed by atoms with E-state index in [1.54, 1.807) is 20.9 Å². The predicted octanol–water partition coefficient (Wildman–Crippen LogP) is 2.46. The maximum atomic E-state index is 12.2. The van der Waals surface area contributed by atoms with E-state index in [0.717, 1.165) is 30.4 Å². The highest BCUT2D eigenvalue weighted by molar-refractivity contribution is 7.92. The van der Waals surface area contributed by atoms with Crippen molar-refractivity contribution in [2.75, 3.05) is 32.4 Å². The molecule has 1 saturated heterocycles. The third-order valence-electron chi connectivity index (χ3n) is 5.43. The Morgan fingerprint density at radius 1 is 1.36 bits per heavy atom. The molecule has 0 unspecified atom stereocenters. The number of rotatable bonds is 3. The highest BCUT2D eigenvalue weighted by Crippen LogP contribution is 2.48. The minimum absolute atomic E-state index is 0.109. The van der Waals surface area contributed by atoms with Crippen molar-refractivity contribution in [2.24, 2.45) is 4.99 Å². The van der Waals surface area contributed by atoms with Crippen LogP contribution in [0.5, 0.6) is 0 Å². The molecule has 0 spiro atoms. The van der Waals surface area contributed by atoms with Crippen LogP contribution in [-0.2, 0) is 15.3 Å². The Balaban J connectivity index is 1.68. The first-order valence-electron chi connectivity index (χ1n) is 8.63. The number of hydrogen-bond acceptors (Lipinski definition) is 3. The average molecular weight is 384 g/mol. The summed E-state index contributed by atoms with van der Waals surface area (Å²) in [5, 5.41) is 4.22. The van der Waals surface area contributed by atoms with E-state index in [0.29, 0.717) is 13.1 Å². The molecule has 1 N–H and O–H groups in total. The lowest BCUT2D eigenvalue weighted by molar-refractivity contribution is 0.352. The Kier molecular flexibility index (Phi) is 4.79. The van der Waals surface area contributed by atoms with Crippen LogP contribution >= 0.6 is 11.6 Å². The number of halogens is 1. The van der Waals surface area contributed by atoms with Crippen LogP contribution in [0.2, 0.25) is 5.02 Å². The molecule has 1 saturated carbocycles. The lowest BCUT2D eigenvalue weighted by atomic mass is 9.96. The Morgan fingerprint density at radius 2 is 2.08 bits per heavy atom. The predicted molar refractivity (Wildman–Crippen MR) is 103 cm³/mol. The molecule has 2 fully saturated rings. The van der Waals surface area contributed by atoms with Crippen LogP contribution in [0.15, 0.2) is 29.3 Å². The summed E-state index contributed by atoms with van der Waals surface area (Å²) in [5.41, 5.74) is 1.36. The van der Waals surface area contributed by atoms with Crippen molar-refractivity contribution in [1.29, 1.82) is 0 Å². The van der Waals surface area contributed by atoms with Crippen LogP contribution in [0, 0.1) is 0 Å². The highest BCUT2D eigenvalue weighted by atomic mass is 35.5. The van der Waals surface area contributed by atoms with Crippen LogP contribution in [0.4, 0.5) is 0 Å². The van der Waals surface area contributed by atoms with E-state index in [9.17, 15) is 8.42 Å². The van der Waals surface area contributed by atoms with Crippen LogP contribution in [-0.4, -0.2) is 56.5 Å². The van der Waals surface area contributed by atoms with Gasteiger partial charge in [0.25, 0.3) is 0 Å². The van der Waals surface area contributed by atoms with Crippen LogP contribution in [0.3, 0.4) is 0 Å². The second-order valence-electron chi connectivity index (χ2n) is 7.69. The van der Waals surface area contributed by atoms with Gasteiger partial charge in [0, 0.05) is 37.1 Å². The van der Waals surface area contributed by atoms with Crippen molar-refractivity contribution in [2.45, 2.75) is 36.9 Å². The van der Waals surface area contributed by atoms with Gasteiger partial charge in [0.05, 0.1) is 10.5 Å². The number of benzene rings is 1. The summed E-state index contributed by atoms with van der Waals surface area (Å²) in [4.78, 5) is 6.43. The second-order valence-corrected chi connectivity index (χ2v) is 10.9. The van der Waals surface area contributed by atoms with Crippen molar-refractivity contribution in [1.82, 2.24) is 10.2 Å². The molecule has 5 nitrogen and oxygen atoms in total. The van der Waals surface area contributed by atoms with Crippen molar-refractivity contribution >= 4 is 27.4 Å². The zero-order valence-corrected chi connectivity index (χ0v) is 16.6.